The lowest BCUT2D eigenvalue weighted by Crippen LogP contribution is -2.38. The third kappa shape index (κ3) is 2.84. The van der Waals surface area contributed by atoms with E-state index in [0.717, 1.165) is 43.8 Å². The van der Waals surface area contributed by atoms with E-state index < -0.39 is 0 Å². The maximum atomic E-state index is 12.3. The lowest BCUT2D eigenvalue weighted by molar-refractivity contribution is 0.0690. The predicted molar refractivity (Wildman–Crippen MR) is 73.2 cm³/mol. The molecule has 2 rings (SSSR count). The smallest absolute Gasteiger partial charge is 0.267 e. The molecule has 0 atom stereocenters. The maximum absolute atomic E-state index is 12.3. The lowest BCUT2D eigenvalue weighted by atomic mass is 9.93. The van der Waals surface area contributed by atoms with Crippen molar-refractivity contribution in [3.05, 3.63) is 16.3 Å². The van der Waals surface area contributed by atoms with Crippen molar-refractivity contribution in [2.75, 3.05) is 26.7 Å². The normalized spacial score (nSPS) is 16.9. The Hall–Kier alpha value is -1.07. The molecule has 5 heteroatoms. The van der Waals surface area contributed by atoms with Crippen LogP contribution in [-0.2, 0) is 0 Å². The van der Waals surface area contributed by atoms with Crippen LogP contribution < -0.4 is 10.5 Å². The number of piperidine rings is 1. The topological polar surface area (TPSA) is 55.6 Å². The van der Waals surface area contributed by atoms with Crippen molar-refractivity contribution in [1.82, 2.24) is 4.90 Å². The van der Waals surface area contributed by atoms with Crippen molar-refractivity contribution in [3.8, 4) is 5.75 Å². The Balaban J connectivity index is 1.95. The van der Waals surface area contributed by atoms with Crippen molar-refractivity contribution in [3.63, 3.8) is 0 Å². The third-order valence-electron chi connectivity index (χ3n) is 3.52. The molecule has 0 radical (unpaired) electrons. The second kappa shape index (κ2) is 6.20. The fourth-order valence-corrected chi connectivity index (χ4v) is 3.24. The predicted octanol–water partition coefficient (Wildman–Crippen LogP) is 1.96. The van der Waals surface area contributed by atoms with E-state index in [4.69, 9.17) is 10.5 Å². The van der Waals surface area contributed by atoms with E-state index in [2.05, 4.69) is 0 Å². The third-order valence-corrected chi connectivity index (χ3v) is 4.40. The van der Waals surface area contributed by atoms with Gasteiger partial charge in [0.2, 0.25) is 0 Å². The molecular formula is C13H20N2O2S. The van der Waals surface area contributed by atoms with E-state index >= 15 is 0 Å². The zero-order chi connectivity index (χ0) is 13.0. The van der Waals surface area contributed by atoms with Gasteiger partial charge in [0.25, 0.3) is 5.91 Å². The molecule has 0 aromatic carbocycles. The van der Waals surface area contributed by atoms with E-state index in [0.29, 0.717) is 11.7 Å². The van der Waals surface area contributed by atoms with Crippen LogP contribution in [0.25, 0.3) is 0 Å². The van der Waals surface area contributed by atoms with Crippen molar-refractivity contribution < 1.29 is 9.53 Å². The Kier molecular flexibility index (Phi) is 4.60. The van der Waals surface area contributed by atoms with Gasteiger partial charge >= 0.3 is 0 Å². The Labute approximate surface area is 112 Å². The highest BCUT2D eigenvalue weighted by Gasteiger charge is 2.25. The number of thiophene rings is 1. The van der Waals surface area contributed by atoms with Crippen LogP contribution in [0, 0.1) is 5.92 Å². The Bertz CT molecular complexity index is 397. The SMILES string of the molecule is COc1ccsc1C(=O)N1CCC(CCN)CC1. The van der Waals surface area contributed by atoms with Gasteiger partial charge < -0.3 is 15.4 Å². The molecule has 18 heavy (non-hydrogen) atoms. The van der Waals surface area contributed by atoms with Crippen LogP contribution in [0.4, 0.5) is 0 Å². The number of ether oxygens (including phenoxy) is 1. The first-order valence-corrected chi connectivity index (χ1v) is 7.25. The molecule has 0 spiro atoms. The highest BCUT2D eigenvalue weighted by Crippen LogP contribution is 2.28. The summed E-state index contributed by atoms with van der Waals surface area (Å²) in [5.41, 5.74) is 5.57. The van der Waals surface area contributed by atoms with Gasteiger partial charge in [0.05, 0.1) is 7.11 Å². The molecule has 1 fully saturated rings. The fourth-order valence-electron chi connectivity index (χ4n) is 2.42. The van der Waals surface area contributed by atoms with Crippen molar-refractivity contribution >= 4 is 17.2 Å². The van der Waals surface area contributed by atoms with Gasteiger partial charge in [0, 0.05) is 13.1 Å². The molecule has 0 bridgehead atoms. The van der Waals surface area contributed by atoms with Crippen LogP contribution in [-0.4, -0.2) is 37.6 Å². The summed E-state index contributed by atoms with van der Waals surface area (Å²) >= 11 is 1.45. The van der Waals surface area contributed by atoms with E-state index in [1.165, 1.54) is 11.3 Å². The minimum Gasteiger partial charge on any atom is -0.495 e. The van der Waals surface area contributed by atoms with Crippen LogP contribution in [0.3, 0.4) is 0 Å². The molecule has 1 aliphatic heterocycles. The minimum absolute atomic E-state index is 0.105. The first-order chi connectivity index (χ1) is 8.76. The number of likely N-dealkylation sites (tertiary alicyclic amines) is 1. The van der Waals surface area contributed by atoms with Crippen molar-refractivity contribution in [2.45, 2.75) is 19.3 Å². The summed E-state index contributed by atoms with van der Waals surface area (Å²) in [7, 11) is 1.60. The van der Waals surface area contributed by atoms with Gasteiger partial charge in [0.1, 0.15) is 10.6 Å². The summed E-state index contributed by atoms with van der Waals surface area (Å²) in [6.07, 6.45) is 3.21. The zero-order valence-electron chi connectivity index (χ0n) is 10.7. The molecule has 1 aromatic heterocycles. The van der Waals surface area contributed by atoms with Gasteiger partial charge in [-0.1, -0.05) is 0 Å². The van der Waals surface area contributed by atoms with E-state index in [9.17, 15) is 4.79 Å². The largest absolute Gasteiger partial charge is 0.495 e. The second-order valence-electron chi connectivity index (χ2n) is 4.63. The number of carbonyl (C=O) groups excluding carboxylic acids is 1. The lowest BCUT2D eigenvalue weighted by Gasteiger charge is -2.31. The fraction of sp³-hybridized carbons (Fsp3) is 0.615. The zero-order valence-corrected chi connectivity index (χ0v) is 11.5. The standard InChI is InChI=1S/C13H20N2O2S/c1-17-11-5-9-18-12(11)13(16)15-7-3-10(2-6-14)4-8-15/h5,9-10H,2-4,6-8,14H2,1H3. The number of hydrogen-bond donors (Lipinski definition) is 1. The summed E-state index contributed by atoms with van der Waals surface area (Å²) in [5, 5.41) is 1.90. The molecule has 1 aromatic rings. The molecule has 1 aliphatic rings. The Morgan fingerprint density at radius 2 is 2.28 bits per heavy atom. The molecule has 2 N–H and O–H groups in total. The number of nitrogens with zero attached hydrogens (tertiary/aromatic N) is 1. The molecule has 1 saturated heterocycles. The number of nitrogens with two attached hydrogens (primary N) is 1. The summed E-state index contributed by atoms with van der Waals surface area (Å²) in [6, 6.07) is 1.85. The van der Waals surface area contributed by atoms with Crippen LogP contribution in [0.15, 0.2) is 11.4 Å². The Morgan fingerprint density at radius 3 is 2.89 bits per heavy atom. The summed E-state index contributed by atoms with van der Waals surface area (Å²) in [5.74, 6) is 1.48. The van der Waals surface area contributed by atoms with Gasteiger partial charge in [-0.15, -0.1) is 11.3 Å². The highest BCUT2D eigenvalue weighted by atomic mass is 32.1. The molecule has 0 aliphatic carbocycles. The highest BCUT2D eigenvalue weighted by molar-refractivity contribution is 7.12. The van der Waals surface area contributed by atoms with Gasteiger partial charge in [-0.25, -0.2) is 0 Å². The number of amides is 1. The van der Waals surface area contributed by atoms with Crippen molar-refractivity contribution in [2.24, 2.45) is 11.7 Å². The summed E-state index contributed by atoms with van der Waals surface area (Å²) in [4.78, 5) is 15.0. The van der Waals surface area contributed by atoms with Crippen LogP contribution in [0.5, 0.6) is 5.75 Å². The number of hydrogen-bond acceptors (Lipinski definition) is 4. The van der Waals surface area contributed by atoms with Gasteiger partial charge in [-0.05, 0) is 43.2 Å². The molecule has 1 amide bonds. The van der Waals surface area contributed by atoms with E-state index in [1.54, 1.807) is 7.11 Å². The monoisotopic (exact) mass is 268 g/mol. The van der Waals surface area contributed by atoms with Gasteiger partial charge in [0.15, 0.2) is 0 Å². The second-order valence-corrected chi connectivity index (χ2v) is 5.55. The quantitative estimate of drug-likeness (QED) is 0.908. The molecule has 2 heterocycles. The van der Waals surface area contributed by atoms with Crippen LogP contribution >= 0.6 is 11.3 Å². The van der Waals surface area contributed by atoms with Crippen molar-refractivity contribution in [1.29, 1.82) is 0 Å². The number of carbonyl (C=O) groups is 1. The van der Waals surface area contributed by atoms with Crippen LogP contribution in [0.1, 0.15) is 28.9 Å². The molecule has 100 valence electrons. The molecular weight excluding hydrogens is 248 g/mol. The first-order valence-electron chi connectivity index (χ1n) is 6.37. The number of methoxy groups -OCH3 is 1. The minimum atomic E-state index is 0.105. The maximum Gasteiger partial charge on any atom is 0.267 e. The average molecular weight is 268 g/mol. The summed E-state index contributed by atoms with van der Waals surface area (Å²) in [6.45, 7) is 2.42. The average Bonchev–Trinajstić information content (AvgIpc) is 2.87. The molecule has 0 saturated carbocycles. The van der Waals surface area contributed by atoms with Crippen LogP contribution in [0.2, 0.25) is 0 Å². The molecule has 4 nitrogen and oxygen atoms in total. The number of rotatable bonds is 4. The van der Waals surface area contributed by atoms with Gasteiger partial charge in [-0.3, -0.25) is 4.79 Å². The summed E-state index contributed by atoms with van der Waals surface area (Å²) < 4.78 is 5.20. The molecule has 0 unspecified atom stereocenters. The first kappa shape index (κ1) is 13.4. The Morgan fingerprint density at radius 1 is 1.56 bits per heavy atom. The van der Waals surface area contributed by atoms with E-state index in [-0.39, 0.29) is 5.91 Å². The van der Waals surface area contributed by atoms with E-state index in [1.807, 2.05) is 16.3 Å². The van der Waals surface area contributed by atoms with Gasteiger partial charge in [-0.2, -0.15) is 0 Å².